The minimum absolute atomic E-state index is 0.0191. The first-order chi connectivity index (χ1) is 10.1. The summed E-state index contributed by atoms with van der Waals surface area (Å²) in [6, 6.07) is -0.571. The fourth-order valence-electron chi connectivity index (χ4n) is 3.14. The maximum atomic E-state index is 12.9. The van der Waals surface area contributed by atoms with Crippen molar-refractivity contribution in [3.63, 3.8) is 0 Å². The van der Waals surface area contributed by atoms with Gasteiger partial charge in [-0.2, -0.15) is 0 Å². The van der Waals surface area contributed by atoms with Crippen LogP contribution >= 0.6 is 11.8 Å². The number of piperidine rings is 1. The van der Waals surface area contributed by atoms with Crippen molar-refractivity contribution in [1.82, 2.24) is 15.1 Å². The number of thioether (sulfide) groups is 1. The molecule has 2 rings (SSSR count). The molecule has 2 fully saturated rings. The molecule has 6 nitrogen and oxygen atoms in total. The number of carboxylic acid groups (broad SMARTS) is 1. The summed E-state index contributed by atoms with van der Waals surface area (Å²) in [4.78, 5) is 27.8. The molecule has 120 valence electrons. The molecule has 2 amide bonds. The van der Waals surface area contributed by atoms with Gasteiger partial charge in [-0.1, -0.05) is 6.92 Å². The molecule has 0 saturated carbocycles. The van der Waals surface area contributed by atoms with Crippen LogP contribution in [0.15, 0.2) is 0 Å². The predicted molar refractivity (Wildman–Crippen MR) is 83.5 cm³/mol. The summed E-state index contributed by atoms with van der Waals surface area (Å²) in [6.07, 6.45) is 2.66. The molecule has 0 radical (unpaired) electrons. The lowest BCUT2D eigenvalue weighted by atomic mass is 10.1. The van der Waals surface area contributed by atoms with Crippen LogP contribution < -0.4 is 5.32 Å². The molecule has 0 spiro atoms. The Labute approximate surface area is 130 Å². The number of nitrogens with one attached hydrogen (secondary N) is 1. The van der Waals surface area contributed by atoms with E-state index in [1.54, 1.807) is 16.7 Å². The second-order valence-corrected chi connectivity index (χ2v) is 6.72. The first kappa shape index (κ1) is 16.4. The standard InChI is InChI=1S/C14H25N3O3S/c1-3-12-17(11(9-21-12)13(18)19)14(20)16(4-2)10-5-7-15-8-6-10/h10-12,15H,3-9H2,1-2H3,(H,18,19). The molecule has 2 heterocycles. The summed E-state index contributed by atoms with van der Waals surface area (Å²) < 4.78 is 0. The minimum atomic E-state index is -0.895. The Morgan fingerprint density at radius 1 is 1.33 bits per heavy atom. The molecule has 21 heavy (non-hydrogen) atoms. The van der Waals surface area contributed by atoms with E-state index in [1.807, 2.05) is 18.7 Å². The highest BCUT2D eigenvalue weighted by molar-refractivity contribution is 8.00. The van der Waals surface area contributed by atoms with E-state index in [0.29, 0.717) is 12.3 Å². The van der Waals surface area contributed by atoms with Gasteiger partial charge in [-0.3, -0.25) is 4.90 Å². The van der Waals surface area contributed by atoms with Gasteiger partial charge in [-0.25, -0.2) is 9.59 Å². The second kappa shape index (κ2) is 7.35. The Balaban J connectivity index is 2.15. The SMILES string of the molecule is CCC1SCC(C(=O)O)N1C(=O)N(CC)C1CCNCC1. The average molecular weight is 315 g/mol. The highest BCUT2D eigenvalue weighted by atomic mass is 32.2. The van der Waals surface area contributed by atoms with Gasteiger partial charge >= 0.3 is 12.0 Å². The van der Waals surface area contributed by atoms with Gasteiger partial charge in [-0.15, -0.1) is 11.8 Å². The van der Waals surface area contributed by atoms with Crippen LogP contribution in [0, 0.1) is 0 Å². The molecule has 2 saturated heterocycles. The lowest BCUT2D eigenvalue weighted by Crippen LogP contribution is -2.55. The van der Waals surface area contributed by atoms with Crippen molar-refractivity contribution in [2.24, 2.45) is 0 Å². The number of aliphatic carboxylic acids is 1. The highest BCUT2D eigenvalue weighted by Crippen LogP contribution is 2.33. The summed E-state index contributed by atoms with van der Waals surface area (Å²) in [5.41, 5.74) is 0. The van der Waals surface area contributed by atoms with Crippen molar-refractivity contribution in [2.75, 3.05) is 25.4 Å². The van der Waals surface area contributed by atoms with Crippen molar-refractivity contribution in [3.8, 4) is 0 Å². The normalized spacial score (nSPS) is 26.9. The maximum Gasteiger partial charge on any atom is 0.327 e. The number of hydrogen-bond acceptors (Lipinski definition) is 4. The topological polar surface area (TPSA) is 72.9 Å². The van der Waals surface area contributed by atoms with Gasteiger partial charge in [0.05, 0.1) is 5.37 Å². The number of carbonyl (C=O) groups is 2. The molecule has 0 aliphatic carbocycles. The Morgan fingerprint density at radius 3 is 2.52 bits per heavy atom. The molecule has 2 unspecified atom stereocenters. The third kappa shape index (κ3) is 3.45. The highest BCUT2D eigenvalue weighted by Gasteiger charge is 2.43. The van der Waals surface area contributed by atoms with Crippen molar-refractivity contribution >= 4 is 23.8 Å². The van der Waals surface area contributed by atoms with E-state index in [1.165, 1.54) is 0 Å². The van der Waals surface area contributed by atoms with Crippen LogP contribution in [0.25, 0.3) is 0 Å². The summed E-state index contributed by atoms with van der Waals surface area (Å²) in [7, 11) is 0. The molecule has 0 bridgehead atoms. The summed E-state index contributed by atoms with van der Waals surface area (Å²) in [5, 5.41) is 12.7. The first-order valence-corrected chi connectivity index (χ1v) is 8.79. The molecular weight excluding hydrogens is 290 g/mol. The second-order valence-electron chi connectivity index (χ2n) is 5.51. The van der Waals surface area contributed by atoms with E-state index >= 15 is 0 Å². The lowest BCUT2D eigenvalue weighted by Gasteiger charge is -2.38. The Hall–Kier alpha value is -0.950. The molecule has 2 atom stereocenters. The molecule has 2 N–H and O–H groups in total. The lowest BCUT2D eigenvalue weighted by molar-refractivity contribution is -0.141. The van der Waals surface area contributed by atoms with Gasteiger partial charge in [0.2, 0.25) is 0 Å². The fraction of sp³-hybridized carbons (Fsp3) is 0.857. The number of carboxylic acids is 1. The zero-order chi connectivity index (χ0) is 15.4. The van der Waals surface area contributed by atoms with Crippen LogP contribution in [0.4, 0.5) is 4.79 Å². The van der Waals surface area contributed by atoms with Gasteiger partial charge in [0.25, 0.3) is 0 Å². The fourth-order valence-corrected chi connectivity index (χ4v) is 4.48. The first-order valence-electron chi connectivity index (χ1n) is 7.74. The van der Waals surface area contributed by atoms with Crippen LogP contribution in [0.1, 0.15) is 33.1 Å². The molecular formula is C14H25N3O3S. The van der Waals surface area contributed by atoms with Crippen LogP contribution in [0.2, 0.25) is 0 Å². The zero-order valence-electron chi connectivity index (χ0n) is 12.7. The van der Waals surface area contributed by atoms with Gasteiger partial charge < -0.3 is 15.3 Å². The number of hydrogen-bond donors (Lipinski definition) is 2. The third-order valence-electron chi connectivity index (χ3n) is 4.28. The zero-order valence-corrected chi connectivity index (χ0v) is 13.6. The average Bonchev–Trinajstić information content (AvgIpc) is 2.93. The summed E-state index contributed by atoms with van der Waals surface area (Å²) in [6.45, 7) is 6.45. The molecule has 2 aliphatic heterocycles. The van der Waals surface area contributed by atoms with Crippen molar-refractivity contribution in [2.45, 2.75) is 50.6 Å². The van der Waals surface area contributed by atoms with Crippen LogP contribution in [-0.2, 0) is 4.79 Å². The Bertz CT molecular complexity index is 388. The van der Waals surface area contributed by atoms with Crippen LogP contribution in [-0.4, -0.2) is 69.8 Å². The summed E-state index contributed by atoms with van der Waals surface area (Å²) >= 11 is 1.58. The van der Waals surface area contributed by atoms with Crippen LogP contribution in [0.5, 0.6) is 0 Å². The predicted octanol–water partition coefficient (Wildman–Crippen LogP) is 1.42. The third-order valence-corrected chi connectivity index (χ3v) is 5.74. The number of nitrogens with zero attached hydrogens (tertiary/aromatic N) is 2. The van der Waals surface area contributed by atoms with E-state index in [4.69, 9.17) is 0 Å². The largest absolute Gasteiger partial charge is 0.480 e. The van der Waals surface area contributed by atoms with E-state index in [-0.39, 0.29) is 17.4 Å². The monoisotopic (exact) mass is 315 g/mol. The minimum Gasteiger partial charge on any atom is -0.480 e. The van der Waals surface area contributed by atoms with E-state index < -0.39 is 12.0 Å². The Kier molecular flexibility index (Phi) is 5.75. The van der Waals surface area contributed by atoms with Gasteiger partial charge in [0.1, 0.15) is 6.04 Å². The van der Waals surface area contributed by atoms with E-state index in [9.17, 15) is 14.7 Å². The molecule has 2 aliphatic rings. The molecule has 0 aromatic heterocycles. The number of amides is 2. The Morgan fingerprint density at radius 2 is 2.00 bits per heavy atom. The molecule has 0 aromatic rings. The van der Waals surface area contributed by atoms with Gasteiger partial charge in [0.15, 0.2) is 0 Å². The van der Waals surface area contributed by atoms with E-state index in [0.717, 1.165) is 32.4 Å². The van der Waals surface area contributed by atoms with E-state index in [2.05, 4.69) is 5.32 Å². The van der Waals surface area contributed by atoms with Gasteiger partial charge in [-0.05, 0) is 39.3 Å². The summed E-state index contributed by atoms with van der Waals surface area (Å²) in [5.74, 6) is -0.406. The number of urea groups is 1. The molecule has 7 heteroatoms. The van der Waals surface area contributed by atoms with Crippen molar-refractivity contribution < 1.29 is 14.7 Å². The molecule has 0 aromatic carbocycles. The quantitative estimate of drug-likeness (QED) is 0.821. The van der Waals surface area contributed by atoms with Crippen LogP contribution in [0.3, 0.4) is 0 Å². The van der Waals surface area contributed by atoms with Crippen molar-refractivity contribution in [1.29, 1.82) is 0 Å². The van der Waals surface area contributed by atoms with Gasteiger partial charge in [0, 0.05) is 18.3 Å². The smallest absolute Gasteiger partial charge is 0.327 e. The number of rotatable bonds is 4. The number of carbonyl (C=O) groups excluding carboxylic acids is 1. The van der Waals surface area contributed by atoms with Crippen molar-refractivity contribution in [3.05, 3.63) is 0 Å². The maximum absolute atomic E-state index is 12.9.